The summed E-state index contributed by atoms with van der Waals surface area (Å²) in [4.78, 5) is 19.5. The lowest BCUT2D eigenvalue weighted by atomic mass is 9.96. The second-order valence-corrected chi connectivity index (χ2v) is 7.69. The number of morpholine rings is 1. The first-order valence-corrected chi connectivity index (χ1v) is 9.53. The fourth-order valence-electron chi connectivity index (χ4n) is 3.62. The molecule has 2 atom stereocenters. The number of aromatic nitrogens is 1. The van der Waals surface area contributed by atoms with Gasteiger partial charge in [0.1, 0.15) is 6.04 Å². The number of nitrogens with one attached hydrogen (secondary N) is 1. The van der Waals surface area contributed by atoms with Crippen LogP contribution >= 0.6 is 36.2 Å². The summed E-state index contributed by atoms with van der Waals surface area (Å²) in [5, 5.41) is 4.52. The highest BCUT2D eigenvalue weighted by Gasteiger charge is 2.34. The van der Waals surface area contributed by atoms with Crippen molar-refractivity contribution in [3.05, 3.63) is 29.3 Å². The Morgan fingerprint density at radius 3 is 2.69 bits per heavy atom. The van der Waals surface area contributed by atoms with Crippen LogP contribution in [-0.4, -0.2) is 54.2 Å². The molecular formula is C18H25Cl2N3O2S. The number of rotatable bonds is 2. The molecule has 5 nitrogen and oxygen atoms in total. The van der Waals surface area contributed by atoms with Gasteiger partial charge in [-0.05, 0) is 31.9 Å². The predicted octanol–water partition coefficient (Wildman–Crippen LogP) is 3.22. The van der Waals surface area contributed by atoms with Gasteiger partial charge in [0.15, 0.2) is 0 Å². The first-order chi connectivity index (χ1) is 11.7. The second kappa shape index (κ2) is 9.33. The zero-order valence-corrected chi connectivity index (χ0v) is 17.2. The van der Waals surface area contributed by atoms with Crippen molar-refractivity contribution in [1.82, 2.24) is 15.2 Å². The zero-order chi connectivity index (χ0) is 16.5. The van der Waals surface area contributed by atoms with Crippen molar-refractivity contribution in [2.24, 2.45) is 0 Å². The molecule has 1 amide bonds. The largest absolute Gasteiger partial charge is 0.375 e. The number of piperidine rings is 1. The number of fused-ring (bicyclic) bond motifs is 1. The number of hydrogen-bond donors (Lipinski definition) is 1. The number of benzene rings is 1. The van der Waals surface area contributed by atoms with Crippen LogP contribution in [0.25, 0.3) is 10.2 Å². The van der Waals surface area contributed by atoms with Crippen LogP contribution < -0.4 is 5.32 Å². The van der Waals surface area contributed by atoms with Gasteiger partial charge < -0.3 is 15.0 Å². The molecule has 1 aromatic heterocycles. The molecule has 0 bridgehead atoms. The number of carbonyl (C=O) groups is 1. The van der Waals surface area contributed by atoms with Crippen LogP contribution in [0, 0.1) is 0 Å². The van der Waals surface area contributed by atoms with Gasteiger partial charge in [0.05, 0.1) is 27.9 Å². The van der Waals surface area contributed by atoms with Gasteiger partial charge in [-0.15, -0.1) is 36.2 Å². The number of likely N-dealkylation sites (tertiary alicyclic amines) is 1. The van der Waals surface area contributed by atoms with E-state index < -0.39 is 0 Å². The number of ether oxygens (including phenoxy) is 1. The number of para-hydroxylation sites is 1. The molecule has 1 N–H and O–H groups in total. The summed E-state index contributed by atoms with van der Waals surface area (Å²) in [5.74, 6) is 0.657. The van der Waals surface area contributed by atoms with E-state index in [0.29, 0.717) is 12.5 Å². The third-order valence-corrected chi connectivity index (χ3v) is 6.25. The van der Waals surface area contributed by atoms with E-state index >= 15 is 0 Å². The SMILES string of the molecule is C[C@H]1OCCN[C@@H]1C(=O)N1CCC(c2nc3ccccc3s2)CC1.Cl.Cl. The molecule has 0 unspecified atom stereocenters. The molecule has 2 aromatic rings. The molecule has 0 saturated carbocycles. The molecule has 8 heteroatoms. The van der Waals surface area contributed by atoms with Gasteiger partial charge in [-0.1, -0.05) is 12.1 Å². The van der Waals surface area contributed by atoms with E-state index in [1.165, 1.54) is 9.71 Å². The first-order valence-electron chi connectivity index (χ1n) is 8.71. The Hall–Kier alpha value is -0.920. The second-order valence-electron chi connectivity index (χ2n) is 6.63. The molecule has 144 valence electrons. The molecule has 2 aliphatic heterocycles. The third-order valence-electron chi connectivity index (χ3n) is 5.05. The number of halogens is 2. The van der Waals surface area contributed by atoms with Crippen LogP contribution in [0.15, 0.2) is 24.3 Å². The van der Waals surface area contributed by atoms with Crippen molar-refractivity contribution in [3.63, 3.8) is 0 Å². The van der Waals surface area contributed by atoms with Crippen molar-refractivity contribution in [1.29, 1.82) is 0 Å². The molecule has 0 radical (unpaired) electrons. The smallest absolute Gasteiger partial charge is 0.242 e. The first kappa shape index (κ1) is 21.4. The molecular weight excluding hydrogens is 393 g/mol. The predicted molar refractivity (Wildman–Crippen MR) is 110 cm³/mol. The maximum atomic E-state index is 12.7. The van der Waals surface area contributed by atoms with Crippen LogP contribution in [0.3, 0.4) is 0 Å². The summed E-state index contributed by atoms with van der Waals surface area (Å²) in [6.45, 7) is 5.03. The molecule has 0 spiro atoms. The Morgan fingerprint density at radius 2 is 2.00 bits per heavy atom. The highest BCUT2D eigenvalue weighted by molar-refractivity contribution is 7.18. The number of amides is 1. The van der Waals surface area contributed by atoms with Gasteiger partial charge in [-0.3, -0.25) is 4.79 Å². The summed E-state index contributed by atoms with van der Waals surface area (Å²) in [6, 6.07) is 8.10. The van der Waals surface area contributed by atoms with Crippen molar-refractivity contribution >= 4 is 52.3 Å². The summed E-state index contributed by atoms with van der Waals surface area (Å²) < 4.78 is 6.86. The van der Waals surface area contributed by atoms with Crippen molar-refractivity contribution in [3.8, 4) is 0 Å². The van der Waals surface area contributed by atoms with E-state index in [1.807, 2.05) is 17.9 Å². The highest BCUT2D eigenvalue weighted by atomic mass is 35.5. The quantitative estimate of drug-likeness (QED) is 0.814. The Morgan fingerprint density at radius 1 is 1.27 bits per heavy atom. The minimum Gasteiger partial charge on any atom is -0.375 e. The molecule has 3 heterocycles. The summed E-state index contributed by atoms with van der Waals surface area (Å²) >= 11 is 1.79. The maximum absolute atomic E-state index is 12.7. The summed E-state index contributed by atoms with van der Waals surface area (Å²) in [6.07, 6.45) is 1.94. The minimum absolute atomic E-state index is 0. The molecule has 2 aliphatic rings. The van der Waals surface area contributed by atoms with Gasteiger partial charge in [0, 0.05) is 25.6 Å². The van der Waals surface area contributed by atoms with E-state index in [-0.39, 0.29) is 42.9 Å². The molecule has 2 fully saturated rings. The Kier molecular flexibility index (Phi) is 7.67. The molecule has 4 rings (SSSR count). The minimum atomic E-state index is -0.197. The number of hydrogen-bond acceptors (Lipinski definition) is 5. The van der Waals surface area contributed by atoms with E-state index in [0.717, 1.165) is 38.0 Å². The average Bonchev–Trinajstić information content (AvgIpc) is 3.06. The van der Waals surface area contributed by atoms with Crippen LogP contribution in [0.5, 0.6) is 0 Å². The van der Waals surface area contributed by atoms with Gasteiger partial charge in [-0.25, -0.2) is 4.98 Å². The number of thiazole rings is 1. The van der Waals surface area contributed by atoms with Crippen LogP contribution in [0.2, 0.25) is 0 Å². The van der Waals surface area contributed by atoms with Crippen molar-refractivity contribution in [2.75, 3.05) is 26.2 Å². The van der Waals surface area contributed by atoms with Gasteiger partial charge >= 0.3 is 0 Å². The van der Waals surface area contributed by atoms with Crippen LogP contribution in [0.4, 0.5) is 0 Å². The van der Waals surface area contributed by atoms with Gasteiger partial charge in [0.25, 0.3) is 0 Å². The zero-order valence-electron chi connectivity index (χ0n) is 14.7. The van der Waals surface area contributed by atoms with Gasteiger partial charge in [0.2, 0.25) is 5.91 Å². The fourth-order valence-corrected chi connectivity index (χ4v) is 4.75. The molecule has 26 heavy (non-hydrogen) atoms. The van der Waals surface area contributed by atoms with E-state index in [9.17, 15) is 4.79 Å². The highest BCUT2D eigenvalue weighted by Crippen LogP contribution is 2.34. The Labute approximate surface area is 170 Å². The lowest BCUT2D eigenvalue weighted by Crippen LogP contribution is -2.57. The van der Waals surface area contributed by atoms with Crippen molar-refractivity contribution in [2.45, 2.75) is 37.8 Å². The average molecular weight is 418 g/mol. The molecule has 1 aromatic carbocycles. The number of carbonyl (C=O) groups excluding carboxylic acids is 1. The molecule has 0 aliphatic carbocycles. The topological polar surface area (TPSA) is 54.5 Å². The lowest BCUT2D eigenvalue weighted by molar-refractivity contribution is -0.140. The van der Waals surface area contributed by atoms with Crippen LogP contribution in [-0.2, 0) is 9.53 Å². The monoisotopic (exact) mass is 417 g/mol. The van der Waals surface area contributed by atoms with E-state index in [1.54, 1.807) is 11.3 Å². The fraction of sp³-hybridized carbons (Fsp3) is 0.556. The van der Waals surface area contributed by atoms with E-state index in [4.69, 9.17) is 9.72 Å². The maximum Gasteiger partial charge on any atom is 0.242 e. The Balaban J connectivity index is 0.00000121. The third kappa shape index (κ3) is 4.31. The van der Waals surface area contributed by atoms with E-state index in [2.05, 4.69) is 23.5 Å². The van der Waals surface area contributed by atoms with Crippen molar-refractivity contribution < 1.29 is 9.53 Å². The van der Waals surface area contributed by atoms with Crippen LogP contribution in [0.1, 0.15) is 30.7 Å². The summed E-state index contributed by atoms with van der Waals surface area (Å²) in [7, 11) is 0. The molecule has 2 saturated heterocycles. The van der Waals surface area contributed by atoms with Gasteiger partial charge in [-0.2, -0.15) is 0 Å². The standard InChI is InChI=1S/C18H23N3O2S.2ClH/c1-12-16(19-8-11-23-12)18(22)21-9-6-13(7-10-21)17-20-14-4-2-3-5-15(14)24-17;;/h2-5,12-13,16,19H,6-11H2,1H3;2*1H/t12-,16+;;/m1../s1. The lowest BCUT2D eigenvalue weighted by Gasteiger charge is -2.37. The normalized spacial score (nSPS) is 24.0. The Bertz CT molecular complexity index is 701. The number of nitrogens with zero attached hydrogens (tertiary/aromatic N) is 2. The summed E-state index contributed by atoms with van der Waals surface area (Å²) in [5.41, 5.74) is 1.09.